The van der Waals surface area contributed by atoms with Crippen molar-refractivity contribution in [1.29, 1.82) is 0 Å². The Morgan fingerprint density at radius 3 is 2.26 bits per heavy atom. The molecule has 0 amide bonds. The number of rotatable bonds is 2. The standard InChI is InChI=1S/C16H24NO4PS/c1-15(2)16(3,4)21-22(20-15)14-7-6-13-11-17(23(5,18)19)9-8-12(13)10-14/h6-7,10H,8-9,11H2,1-5H3. The highest BCUT2D eigenvalue weighted by Gasteiger charge is 2.50. The topological polar surface area (TPSA) is 55.8 Å². The van der Waals surface area contributed by atoms with Crippen LogP contribution in [0.5, 0.6) is 0 Å². The summed E-state index contributed by atoms with van der Waals surface area (Å²) in [6.45, 7) is 9.20. The van der Waals surface area contributed by atoms with Crippen LogP contribution < -0.4 is 5.30 Å². The van der Waals surface area contributed by atoms with Crippen molar-refractivity contribution >= 4 is 23.7 Å². The van der Waals surface area contributed by atoms with Crippen molar-refractivity contribution in [3.05, 3.63) is 29.3 Å². The van der Waals surface area contributed by atoms with Crippen molar-refractivity contribution in [2.75, 3.05) is 12.8 Å². The summed E-state index contributed by atoms with van der Waals surface area (Å²) in [6, 6.07) is 6.14. The van der Waals surface area contributed by atoms with E-state index in [9.17, 15) is 8.42 Å². The zero-order valence-electron chi connectivity index (χ0n) is 14.3. The Morgan fingerprint density at radius 1 is 1.09 bits per heavy atom. The first-order chi connectivity index (χ1) is 10.5. The Balaban J connectivity index is 1.84. The van der Waals surface area contributed by atoms with Gasteiger partial charge in [0.2, 0.25) is 18.4 Å². The largest absolute Gasteiger partial charge is 0.321 e. The summed E-state index contributed by atoms with van der Waals surface area (Å²) in [4.78, 5) is 0. The lowest BCUT2D eigenvalue weighted by Crippen LogP contribution is -2.41. The molecule has 1 saturated heterocycles. The van der Waals surface area contributed by atoms with Gasteiger partial charge < -0.3 is 9.05 Å². The maximum absolute atomic E-state index is 11.7. The molecule has 2 aliphatic heterocycles. The van der Waals surface area contributed by atoms with Gasteiger partial charge in [0, 0.05) is 18.4 Å². The van der Waals surface area contributed by atoms with Crippen molar-refractivity contribution in [1.82, 2.24) is 4.31 Å². The summed E-state index contributed by atoms with van der Waals surface area (Å²) < 4.78 is 37.2. The van der Waals surface area contributed by atoms with Crippen LogP contribution in [0, 0.1) is 0 Å². The van der Waals surface area contributed by atoms with Crippen molar-refractivity contribution in [2.24, 2.45) is 0 Å². The van der Waals surface area contributed by atoms with E-state index >= 15 is 0 Å². The third-order valence-corrected chi connectivity index (χ3v) is 8.11. The average Bonchev–Trinajstić information content (AvgIpc) is 2.65. The van der Waals surface area contributed by atoms with Crippen LogP contribution in [0.4, 0.5) is 0 Å². The Bertz CT molecular complexity index is 714. The second-order valence-electron chi connectivity index (χ2n) is 7.26. The zero-order valence-corrected chi connectivity index (χ0v) is 16.0. The van der Waals surface area contributed by atoms with Crippen LogP contribution in [0.25, 0.3) is 0 Å². The molecule has 0 N–H and O–H groups in total. The molecule has 1 aromatic carbocycles. The van der Waals surface area contributed by atoms with Gasteiger partial charge in [-0.2, -0.15) is 4.31 Å². The summed E-state index contributed by atoms with van der Waals surface area (Å²) in [6.07, 6.45) is 1.99. The molecule has 0 saturated carbocycles. The summed E-state index contributed by atoms with van der Waals surface area (Å²) in [7, 11) is -4.23. The van der Waals surface area contributed by atoms with Crippen LogP contribution in [0.1, 0.15) is 38.8 Å². The molecule has 23 heavy (non-hydrogen) atoms. The highest BCUT2D eigenvalue weighted by atomic mass is 32.2. The van der Waals surface area contributed by atoms with E-state index in [1.165, 1.54) is 16.1 Å². The van der Waals surface area contributed by atoms with Crippen LogP contribution in [-0.2, 0) is 32.0 Å². The van der Waals surface area contributed by atoms with Gasteiger partial charge in [0.25, 0.3) is 0 Å². The molecular weight excluding hydrogens is 333 g/mol. The Labute approximate surface area is 139 Å². The summed E-state index contributed by atoms with van der Waals surface area (Å²) >= 11 is 0. The number of hydrogen-bond acceptors (Lipinski definition) is 4. The molecule has 2 heterocycles. The number of hydrogen-bond donors (Lipinski definition) is 0. The van der Waals surface area contributed by atoms with Crippen LogP contribution in [0.2, 0.25) is 0 Å². The molecule has 0 aromatic heterocycles. The lowest BCUT2D eigenvalue weighted by Gasteiger charge is -2.29. The van der Waals surface area contributed by atoms with Gasteiger partial charge in [0.1, 0.15) is 0 Å². The molecule has 0 bridgehead atoms. The van der Waals surface area contributed by atoms with Gasteiger partial charge in [-0.05, 0) is 57.4 Å². The van der Waals surface area contributed by atoms with Crippen molar-refractivity contribution in [3.63, 3.8) is 0 Å². The third kappa shape index (κ3) is 3.20. The zero-order chi connectivity index (χ0) is 17.0. The van der Waals surface area contributed by atoms with Gasteiger partial charge in [0.05, 0.1) is 17.5 Å². The van der Waals surface area contributed by atoms with E-state index in [0.29, 0.717) is 13.1 Å². The minimum atomic E-state index is -3.14. The van der Waals surface area contributed by atoms with E-state index in [1.54, 1.807) is 0 Å². The number of nitrogens with zero attached hydrogens (tertiary/aromatic N) is 1. The maximum atomic E-state index is 11.7. The van der Waals surface area contributed by atoms with Crippen LogP contribution >= 0.6 is 8.38 Å². The number of benzene rings is 1. The first-order valence-electron chi connectivity index (χ1n) is 7.75. The minimum Gasteiger partial charge on any atom is -0.321 e. The lowest BCUT2D eigenvalue weighted by atomic mass is 9.90. The quantitative estimate of drug-likeness (QED) is 0.764. The highest BCUT2D eigenvalue weighted by Crippen LogP contribution is 2.57. The molecule has 7 heteroatoms. The average molecular weight is 357 g/mol. The Morgan fingerprint density at radius 2 is 1.70 bits per heavy atom. The molecule has 0 spiro atoms. The fraction of sp³-hybridized carbons (Fsp3) is 0.625. The molecule has 2 aliphatic rings. The van der Waals surface area contributed by atoms with Crippen molar-refractivity contribution < 1.29 is 17.5 Å². The normalized spacial score (nSPS) is 24.6. The van der Waals surface area contributed by atoms with Gasteiger partial charge >= 0.3 is 0 Å². The van der Waals surface area contributed by atoms with E-state index in [-0.39, 0.29) is 11.2 Å². The summed E-state index contributed by atoms with van der Waals surface area (Å²) in [5.41, 5.74) is 1.60. The monoisotopic (exact) mass is 357 g/mol. The van der Waals surface area contributed by atoms with E-state index in [1.807, 2.05) is 12.1 Å². The molecule has 0 radical (unpaired) electrons. The van der Waals surface area contributed by atoms with Gasteiger partial charge in [-0.1, -0.05) is 6.07 Å². The van der Waals surface area contributed by atoms with Gasteiger partial charge in [0.15, 0.2) is 0 Å². The summed E-state index contributed by atoms with van der Waals surface area (Å²) in [5.74, 6) is 0. The van der Waals surface area contributed by atoms with Crippen LogP contribution in [-0.4, -0.2) is 36.7 Å². The van der Waals surface area contributed by atoms with Gasteiger partial charge in [-0.3, -0.25) is 0 Å². The first kappa shape index (κ1) is 17.3. The number of fused-ring (bicyclic) bond motifs is 1. The lowest BCUT2D eigenvalue weighted by molar-refractivity contribution is 0.00578. The molecule has 0 atom stereocenters. The third-order valence-electron chi connectivity index (χ3n) is 4.92. The van der Waals surface area contributed by atoms with Crippen molar-refractivity contribution in [3.8, 4) is 0 Å². The predicted molar refractivity (Wildman–Crippen MR) is 92.3 cm³/mol. The SMILES string of the molecule is CC1(C)OP(c2ccc3c(c2)CCN(S(C)(=O)=O)C3)OC1(C)C. The fourth-order valence-electron chi connectivity index (χ4n) is 2.67. The van der Waals surface area contributed by atoms with Crippen molar-refractivity contribution in [2.45, 2.75) is 51.9 Å². The van der Waals surface area contributed by atoms with Gasteiger partial charge in [-0.15, -0.1) is 0 Å². The second kappa shape index (κ2) is 5.50. The van der Waals surface area contributed by atoms with E-state index in [4.69, 9.17) is 9.05 Å². The van der Waals surface area contributed by atoms with Crippen LogP contribution in [0.15, 0.2) is 18.2 Å². The van der Waals surface area contributed by atoms with Gasteiger partial charge in [-0.25, -0.2) is 8.42 Å². The van der Waals surface area contributed by atoms with E-state index < -0.39 is 18.4 Å². The van der Waals surface area contributed by atoms with E-state index in [0.717, 1.165) is 17.3 Å². The number of sulfonamides is 1. The molecule has 0 aliphatic carbocycles. The highest BCUT2D eigenvalue weighted by molar-refractivity contribution is 7.88. The molecular formula is C16H24NO4PS. The summed E-state index contributed by atoms with van der Waals surface area (Å²) in [5, 5.41) is 1.06. The second-order valence-corrected chi connectivity index (χ2v) is 10.6. The fourth-order valence-corrected chi connectivity index (χ4v) is 5.44. The minimum absolute atomic E-state index is 0.332. The Hall–Kier alpha value is -0.520. The Kier molecular flexibility index (Phi) is 4.14. The molecule has 0 unspecified atom stereocenters. The predicted octanol–water partition coefficient (Wildman–Crippen LogP) is 2.55. The molecule has 3 rings (SSSR count). The first-order valence-corrected chi connectivity index (χ1v) is 10.8. The maximum Gasteiger partial charge on any atom is 0.211 e. The molecule has 1 aromatic rings. The molecule has 1 fully saturated rings. The molecule has 5 nitrogen and oxygen atoms in total. The van der Waals surface area contributed by atoms with Crippen LogP contribution in [0.3, 0.4) is 0 Å². The smallest absolute Gasteiger partial charge is 0.211 e. The molecule has 128 valence electrons. The van der Waals surface area contributed by atoms with E-state index in [2.05, 4.69) is 33.8 Å².